The Morgan fingerprint density at radius 3 is 2.82 bits per heavy atom. The molecule has 0 radical (unpaired) electrons. The summed E-state index contributed by atoms with van der Waals surface area (Å²) in [5.74, 6) is 0.651. The second-order valence-electron chi connectivity index (χ2n) is 4.52. The monoisotopic (exact) mass is 255 g/mol. The molecule has 17 heavy (non-hydrogen) atoms. The van der Waals surface area contributed by atoms with Crippen molar-refractivity contribution in [3.8, 4) is 5.75 Å². The number of hydrogen-bond acceptors (Lipinski definition) is 4. The van der Waals surface area contributed by atoms with Crippen LogP contribution in [-0.2, 0) is 16.3 Å². The largest absolute Gasteiger partial charge is 0.496 e. The highest BCUT2D eigenvalue weighted by Crippen LogP contribution is 2.38. The van der Waals surface area contributed by atoms with E-state index in [1.54, 1.807) is 25.3 Å². The highest BCUT2D eigenvalue weighted by atomic mass is 32.2. The van der Waals surface area contributed by atoms with Crippen LogP contribution in [0.3, 0.4) is 0 Å². The van der Waals surface area contributed by atoms with Gasteiger partial charge >= 0.3 is 0 Å². The zero-order chi connectivity index (χ0) is 12.6. The maximum atomic E-state index is 12.3. The van der Waals surface area contributed by atoms with E-state index in [0.717, 1.165) is 5.56 Å². The average Bonchev–Trinajstić information content (AvgIpc) is 2.50. The van der Waals surface area contributed by atoms with Gasteiger partial charge in [0.1, 0.15) is 5.75 Å². The summed E-state index contributed by atoms with van der Waals surface area (Å²) >= 11 is 0. The summed E-state index contributed by atoms with van der Waals surface area (Å²) in [6, 6.07) is 5.04. The van der Waals surface area contributed by atoms with Gasteiger partial charge in [-0.2, -0.15) is 0 Å². The molecule has 94 valence electrons. The SMILES string of the molecule is COc1cccc2c1CC(CC(C)N)S2(=O)=O. The first-order chi connectivity index (χ1) is 7.96. The van der Waals surface area contributed by atoms with E-state index >= 15 is 0 Å². The fourth-order valence-electron chi connectivity index (χ4n) is 2.35. The summed E-state index contributed by atoms with van der Waals surface area (Å²) < 4.78 is 29.8. The molecule has 2 N–H and O–H groups in total. The van der Waals surface area contributed by atoms with E-state index < -0.39 is 15.1 Å². The van der Waals surface area contributed by atoms with Crippen LogP contribution in [0.2, 0.25) is 0 Å². The molecule has 2 unspecified atom stereocenters. The van der Waals surface area contributed by atoms with Gasteiger partial charge in [-0.1, -0.05) is 6.07 Å². The number of nitrogens with two attached hydrogens (primary N) is 1. The molecule has 0 amide bonds. The molecular formula is C12H17NO3S. The molecule has 0 aliphatic carbocycles. The molecular weight excluding hydrogens is 238 g/mol. The zero-order valence-electron chi connectivity index (χ0n) is 10.0. The Morgan fingerprint density at radius 2 is 2.24 bits per heavy atom. The summed E-state index contributed by atoms with van der Waals surface area (Å²) in [6.45, 7) is 1.83. The normalized spacial score (nSPS) is 23.1. The number of rotatable bonds is 3. The first kappa shape index (κ1) is 12.4. The van der Waals surface area contributed by atoms with Crippen molar-refractivity contribution in [1.29, 1.82) is 0 Å². The van der Waals surface area contributed by atoms with Crippen LogP contribution in [0.5, 0.6) is 5.75 Å². The van der Waals surface area contributed by atoms with Crippen molar-refractivity contribution in [1.82, 2.24) is 0 Å². The number of hydrogen-bond donors (Lipinski definition) is 1. The number of sulfone groups is 1. The molecule has 4 nitrogen and oxygen atoms in total. The minimum Gasteiger partial charge on any atom is -0.496 e. The van der Waals surface area contributed by atoms with Gasteiger partial charge in [-0.3, -0.25) is 0 Å². The lowest BCUT2D eigenvalue weighted by molar-refractivity contribution is 0.408. The van der Waals surface area contributed by atoms with Crippen molar-refractivity contribution in [2.45, 2.75) is 36.0 Å². The molecule has 0 aromatic heterocycles. The molecule has 1 aromatic carbocycles. The molecule has 0 spiro atoms. The lowest BCUT2D eigenvalue weighted by atomic mass is 10.0. The van der Waals surface area contributed by atoms with E-state index in [4.69, 9.17) is 10.5 Å². The molecule has 2 atom stereocenters. The van der Waals surface area contributed by atoms with Gasteiger partial charge in [0, 0.05) is 11.6 Å². The van der Waals surface area contributed by atoms with Crippen LogP contribution < -0.4 is 10.5 Å². The molecule has 0 saturated heterocycles. The van der Waals surface area contributed by atoms with Gasteiger partial charge in [-0.25, -0.2) is 8.42 Å². The quantitative estimate of drug-likeness (QED) is 0.879. The van der Waals surface area contributed by atoms with Crippen LogP contribution >= 0.6 is 0 Å². The maximum absolute atomic E-state index is 12.3. The van der Waals surface area contributed by atoms with Crippen molar-refractivity contribution in [2.24, 2.45) is 5.73 Å². The van der Waals surface area contributed by atoms with E-state index in [1.807, 2.05) is 6.92 Å². The Morgan fingerprint density at radius 1 is 1.53 bits per heavy atom. The number of benzene rings is 1. The Bertz CT molecular complexity index is 523. The second-order valence-corrected chi connectivity index (χ2v) is 6.72. The van der Waals surface area contributed by atoms with Gasteiger partial charge in [0.2, 0.25) is 0 Å². The lowest BCUT2D eigenvalue weighted by Crippen LogP contribution is -2.27. The van der Waals surface area contributed by atoms with E-state index in [0.29, 0.717) is 23.5 Å². The van der Waals surface area contributed by atoms with Crippen LogP contribution in [0.1, 0.15) is 18.9 Å². The summed E-state index contributed by atoms with van der Waals surface area (Å²) in [5.41, 5.74) is 6.50. The first-order valence-corrected chi connectivity index (χ1v) is 7.16. The number of methoxy groups -OCH3 is 1. The molecule has 1 aliphatic heterocycles. The molecule has 1 aliphatic rings. The van der Waals surface area contributed by atoms with Crippen molar-refractivity contribution in [2.75, 3.05) is 7.11 Å². The van der Waals surface area contributed by atoms with Crippen molar-refractivity contribution in [3.05, 3.63) is 23.8 Å². The zero-order valence-corrected chi connectivity index (χ0v) is 10.8. The minimum absolute atomic E-state index is 0.116. The summed E-state index contributed by atoms with van der Waals surface area (Å²) in [7, 11) is -1.68. The third kappa shape index (κ3) is 2.05. The van der Waals surface area contributed by atoms with Gasteiger partial charge in [-0.15, -0.1) is 0 Å². The van der Waals surface area contributed by atoms with Crippen LogP contribution in [-0.4, -0.2) is 26.8 Å². The Labute approximate surface area is 102 Å². The Hall–Kier alpha value is -1.07. The molecule has 5 heteroatoms. The van der Waals surface area contributed by atoms with Crippen LogP contribution in [0.4, 0.5) is 0 Å². The predicted molar refractivity (Wildman–Crippen MR) is 65.9 cm³/mol. The predicted octanol–water partition coefficient (Wildman–Crippen LogP) is 1.13. The highest BCUT2D eigenvalue weighted by molar-refractivity contribution is 7.92. The highest BCUT2D eigenvalue weighted by Gasteiger charge is 2.38. The summed E-state index contributed by atoms with van der Waals surface area (Å²) in [5, 5.41) is -0.409. The van der Waals surface area contributed by atoms with Crippen molar-refractivity contribution >= 4 is 9.84 Å². The minimum atomic E-state index is -3.23. The molecule has 2 rings (SSSR count). The van der Waals surface area contributed by atoms with Crippen molar-refractivity contribution in [3.63, 3.8) is 0 Å². The lowest BCUT2D eigenvalue weighted by Gasteiger charge is -2.11. The summed E-state index contributed by atoms with van der Waals surface area (Å²) in [4.78, 5) is 0.405. The third-order valence-electron chi connectivity index (χ3n) is 3.12. The van der Waals surface area contributed by atoms with Crippen LogP contribution in [0.15, 0.2) is 23.1 Å². The topological polar surface area (TPSA) is 69.4 Å². The Kier molecular flexibility index (Phi) is 3.14. The van der Waals surface area contributed by atoms with E-state index in [2.05, 4.69) is 0 Å². The summed E-state index contributed by atoms with van der Waals surface area (Å²) in [6.07, 6.45) is 0.989. The van der Waals surface area contributed by atoms with Gasteiger partial charge in [0.05, 0.1) is 17.3 Å². The molecule has 0 saturated carbocycles. The fraction of sp³-hybridized carbons (Fsp3) is 0.500. The first-order valence-electron chi connectivity index (χ1n) is 5.62. The van der Waals surface area contributed by atoms with E-state index in [1.165, 1.54) is 0 Å². The van der Waals surface area contributed by atoms with Crippen LogP contribution in [0.25, 0.3) is 0 Å². The Balaban J connectivity index is 2.46. The molecule has 0 bridgehead atoms. The fourth-order valence-corrected chi connectivity index (χ4v) is 4.44. The van der Waals surface area contributed by atoms with E-state index in [9.17, 15) is 8.42 Å². The molecule has 1 aromatic rings. The number of fused-ring (bicyclic) bond motifs is 1. The molecule has 1 heterocycles. The second kappa shape index (κ2) is 4.31. The maximum Gasteiger partial charge on any atom is 0.182 e. The standard InChI is InChI=1S/C12H17NO3S/c1-8(13)6-9-7-10-11(16-2)4-3-5-12(10)17(9,14)15/h3-5,8-9H,6-7,13H2,1-2H3. The smallest absolute Gasteiger partial charge is 0.182 e. The number of ether oxygens (including phenoxy) is 1. The molecule has 0 fully saturated rings. The van der Waals surface area contributed by atoms with Crippen LogP contribution in [0, 0.1) is 0 Å². The van der Waals surface area contributed by atoms with E-state index in [-0.39, 0.29) is 6.04 Å². The van der Waals surface area contributed by atoms with Gasteiger partial charge < -0.3 is 10.5 Å². The van der Waals surface area contributed by atoms with Gasteiger partial charge in [-0.05, 0) is 31.9 Å². The van der Waals surface area contributed by atoms with Gasteiger partial charge in [0.15, 0.2) is 9.84 Å². The average molecular weight is 255 g/mol. The third-order valence-corrected chi connectivity index (χ3v) is 5.35. The van der Waals surface area contributed by atoms with Gasteiger partial charge in [0.25, 0.3) is 0 Å². The van der Waals surface area contributed by atoms with Crippen molar-refractivity contribution < 1.29 is 13.2 Å².